The zero-order valence-corrected chi connectivity index (χ0v) is 11.9. The summed E-state index contributed by atoms with van der Waals surface area (Å²) in [6.07, 6.45) is 2.67. The first-order valence-electron chi connectivity index (χ1n) is 6.58. The third-order valence-electron chi connectivity index (χ3n) is 3.16. The fourth-order valence-electron chi connectivity index (χ4n) is 2.19. The highest BCUT2D eigenvalue weighted by Gasteiger charge is 2.18. The summed E-state index contributed by atoms with van der Waals surface area (Å²) in [6, 6.07) is 0.523. The van der Waals surface area contributed by atoms with Crippen molar-refractivity contribution < 1.29 is 0 Å². The molecule has 96 valence electrons. The van der Waals surface area contributed by atoms with Crippen LogP contribution in [0.2, 0.25) is 0 Å². The van der Waals surface area contributed by atoms with E-state index >= 15 is 0 Å². The molecule has 0 aliphatic carbocycles. The van der Waals surface area contributed by atoms with E-state index in [-0.39, 0.29) is 0 Å². The Morgan fingerprint density at radius 3 is 3.12 bits per heavy atom. The molecule has 1 atom stereocenters. The molecule has 2 heterocycles. The number of piperidine rings is 1. The summed E-state index contributed by atoms with van der Waals surface area (Å²) in [5, 5.41) is 6.80. The molecule has 0 amide bonds. The lowest BCUT2D eigenvalue weighted by Gasteiger charge is -2.30. The fraction of sp³-hybridized carbons (Fsp3) is 0.769. The van der Waals surface area contributed by atoms with Crippen molar-refractivity contribution >= 4 is 16.5 Å². The van der Waals surface area contributed by atoms with Gasteiger partial charge in [0.25, 0.3) is 0 Å². The Morgan fingerprint density at radius 2 is 2.41 bits per heavy atom. The number of anilines is 1. The molecule has 1 saturated heterocycles. The van der Waals surface area contributed by atoms with Gasteiger partial charge in [-0.3, -0.25) is 0 Å². The Bertz CT molecular complexity index is 348. The molecule has 2 rings (SSSR count). The number of aromatic nitrogens is 1. The third-order valence-corrected chi connectivity index (χ3v) is 4.11. The second kappa shape index (κ2) is 5.83. The van der Waals surface area contributed by atoms with Gasteiger partial charge in [-0.1, -0.05) is 20.8 Å². The molecule has 1 aromatic rings. The lowest BCUT2D eigenvalue weighted by atomic mass is 10.0. The standard InChI is InChI=1S/C13H23N3S/c1-10(2)14-7-12-9-17-13(15-12)16-6-4-5-11(3)8-16/h9-11,14H,4-8H2,1-3H3. The average Bonchev–Trinajstić information content (AvgIpc) is 2.75. The van der Waals surface area contributed by atoms with Crippen molar-refractivity contribution in [2.75, 3.05) is 18.0 Å². The second-order valence-electron chi connectivity index (χ2n) is 5.35. The third kappa shape index (κ3) is 3.68. The van der Waals surface area contributed by atoms with Gasteiger partial charge in [0.1, 0.15) is 0 Å². The van der Waals surface area contributed by atoms with Crippen molar-refractivity contribution in [3.8, 4) is 0 Å². The molecule has 0 radical (unpaired) electrons. The number of rotatable bonds is 4. The first-order valence-corrected chi connectivity index (χ1v) is 7.46. The molecule has 0 spiro atoms. The van der Waals surface area contributed by atoms with Crippen LogP contribution in [0.5, 0.6) is 0 Å². The summed E-state index contributed by atoms with van der Waals surface area (Å²) in [7, 11) is 0. The molecular weight excluding hydrogens is 230 g/mol. The zero-order chi connectivity index (χ0) is 12.3. The van der Waals surface area contributed by atoms with E-state index in [2.05, 4.69) is 36.4 Å². The molecular formula is C13H23N3S. The van der Waals surface area contributed by atoms with Gasteiger partial charge in [-0.15, -0.1) is 11.3 Å². The Morgan fingerprint density at radius 1 is 1.59 bits per heavy atom. The maximum Gasteiger partial charge on any atom is 0.185 e. The SMILES string of the molecule is CC1CCCN(c2nc(CNC(C)C)cs2)C1. The van der Waals surface area contributed by atoms with Gasteiger partial charge in [0, 0.05) is 31.1 Å². The van der Waals surface area contributed by atoms with E-state index < -0.39 is 0 Å². The minimum Gasteiger partial charge on any atom is -0.348 e. The Balaban J connectivity index is 1.92. The number of hydrogen-bond acceptors (Lipinski definition) is 4. The first kappa shape index (κ1) is 12.8. The molecule has 0 saturated carbocycles. The Kier molecular flexibility index (Phi) is 4.40. The summed E-state index contributed by atoms with van der Waals surface area (Å²) in [4.78, 5) is 7.16. The highest BCUT2D eigenvalue weighted by atomic mass is 32.1. The molecule has 1 N–H and O–H groups in total. The van der Waals surface area contributed by atoms with Crippen LogP contribution in [0.3, 0.4) is 0 Å². The van der Waals surface area contributed by atoms with Gasteiger partial charge < -0.3 is 10.2 Å². The van der Waals surface area contributed by atoms with Crippen molar-refractivity contribution in [2.24, 2.45) is 5.92 Å². The highest BCUT2D eigenvalue weighted by Crippen LogP contribution is 2.26. The summed E-state index contributed by atoms with van der Waals surface area (Å²) in [5.74, 6) is 0.810. The number of hydrogen-bond donors (Lipinski definition) is 1. The van der Waals surface area contributed by atoms with Crippen molar-refractivity contribution in [1.82, 2.24) is 10.3 Å². The lowest BCUT2D eigenvalue weighted by molar-refractivity contribution is 0.446. The highest BCUT2D eigenvalue weighted by molar-refractivity contribution is 7.13. The molecule has 0 aromatic carbocycles. The van der Waals surface area contributed by atoms with Gasteiger partial charge >= 0.3 is 0 Å². The zero-order valence-electron chi connectivity index (χ0n) is 11.1. The molecule has 0 bridgehead atoms. The summed E-state index contributed by atoms with van der Waals surface area (Å²) >= 11 is 1.78. The van der Waals surface area contributed by atoms with Gasteiger partial charge in [-0.2, -0.15) is 0 Å². The lowest BCUT2D eigenvalue weighted by Crippen LogP contribution is -2.34. The van der Waals surface area contributed by atoms with Crippen LogP contribution in [-0.4, -0.2) is 24.1 Å². The number of thiazole rings is 1. The van der Waals surface area contributed by atoms with Crippen LogP contribution in [0.4, 0.5) is 5.13 Å². The van der Waals surface area contributed by atoms with Crippen LogP contribution in [0.25, 0.3) is 0 Å². The number of nitrogens with zero attached hydrogens (tertiary/aromatic N) is 2. The molecule has 1 aliphatic heterocycles. The number of nitrogens with one attached hydrogen (secondary N) is 1. The Labute approximate surface area is 108 Å². The quantitative estimate of drug-likeness (QED) is 0.894. The minimum atomic E-state index is 0.523. The fourth-order valence-corrected chi connectivity index (χ4v) is 3.06. The van der Waals surface area contributed by atoms with Gasteiger partial charge in [-0.25, -0.2) is 4.98 Å². The summed E-state index contributed by atoms with van der Waals surface area (Å²) in [5.41, 5.74) is 1.18. The molecule has 1 aliphatic rings. The van der Waals surface area contributed by atoms with Crippen molar-refractivity contribution in [3.05, 3.63) is 11.1 Å². The maximum absolute atomic E-state index is 4.72. The van der Waals surface area contributed by atoms with Crippen LogP contribution >= 0.6 is 11.3 Å². The van der Waals surface area contributed by atoms with Crippen LogP contribution in [-0.2, 0) is 6.54 Å². The van der Waals surface area contributed by atoms with Crippen LogP contribution in [0.15, 0.2) is 5.38 Å². The maximum atomic E-state index is 4.72. The smallest absolute Gasteiger partial charge is 0.185 e. The van der Waals surface area contributed by atoms with E-state index in [0.29, 0.717) is 6.04 Å². The van der Waals surface area contributed by atoms with Gasteiger partial charge in [0.2, 0.25) is 0 Å². The van der Waals surface area contributed by atoms with Gasteiger partial charge in [0.15, 0.2) is 5.13 Å². The van der Waals surface area contributed by atoms with Crippen molar-refractivity contribution in [2.45, 2.75) is 46.2 Å². The molecule has 3 nitrogen and oxygen atoms in total. The van der Waals surface area contributed by atoms with E-state index in [0.717, 1.165) is 12.5 Å². The molecule has 1 aromatic heterocycles. The van der Waals surface area contributed by atoms with Crippen LogP contribution in [0.1, 0.15) is 39.3 Å². The monoisotopic (exact) mass is 253 g/mol. The first-order chi connectivity index (χ1) is 8.15. The Hall–Kier alpha value is -0.610. The van der Waals surface area contributed by atoms with E-state index in [1.165, 1.54) is 36.8 Å². The second-order valence-corrected chi connectivity index (χ2v) is 6.19. The van der Waals surface area contributed by atoms with Crippen molar-refractivity contribution in [3.63, 3.8) is 0 Å². The molecule has 17 heavy (non-hydrogen) atoms. The van der Waals surface area contributed by atoms with Crippen LogP contribution < -0.4 is 10.2 Å². The van der Waals surface area contributed by atoms with Gasteiger partial charge in [-0.05, 0) is 18.8 Å². The predicted octanol–water partition coefficient (Wildman–Crippen LogP) is 2.88. The molecule has 4 heteroatoms. The van der Waals surface area contributed by atoms with Gasteiger partial charge in [0.05, 0.1) is 5.69 Å². The largest absolute Gasteiger partial charge is 0.348 e. The van der Waals surface area contributed by atoms with Crippen LogP contribution in [0, 0.1) is 5.92 Å². The molecule has 1 fully saturated rings. The average molecular weight is 253 g/mol. The summed E-state index contributed by atoms with van der Waals surface area (Å²) in [6.45, 7) is 9.90. The van der Waals surface area contributed by atoms with E-state index in [9.17, 15) is 0 Å². The molecule has 1 unspecified atom stereocenters. The predicted molar refractivity (Wildman–Crippen MR) is 74.7 cm³/mol. The summed E-state index contributed by atoms with van der Waals surface area (Å²) < 4.78 is 0. The van der Waals surface area contributed by atoms with Crippen molar-refractivity contribution in [1.29, 1.82) is 0 Å². The van der Waals surface area contributed by atoms with E-state index in [1.807, 2.05) is 0 Å². The van der Waals surface area contributed by atoms with E-state index in [4.69, 9.17) is 4.98 Å². The minimum absolute atomic E-state index is 0.523. The van der Waals surface area contributed by atoms with E-state index in [1.54, 1.807) is 11.3 Å². The normalized spacial score (nSPS) is 21.2. The topological polar surface area (TPSA) is 28.2 Å².